The van der Waals surface area contributed by atoms with Crippen LogP contribution in [0.4, 0.5) is 13.2 Å². The number of ether oxygens (including phenoxy) is 6. The molecule has 2 rings (SSSR count). The van der Waals surface area contributed by atoms with Gasteiger partial charge in [-0.2, -0.15) is 0 Å². The lowest BCUT2D eigenvalue weighted by atomic mass is 10.2. The average Bonchev–Trinajstić information content (AvgIpc) is 2.76. The van der Waals surface area contributed by atoms with E-state index in [9.17, 15) is 13.2 Å². The SMILES string of the molecule is COc1cc(OCC=C(Cl)Cl)cc(OC)c1OCCCCOc1ccc(OC(F)(F)F)cc1. The van der Waals surface area contributed by atoms with Crippen LogP contribution in [0.1, 0.15) is 12.8 Å². The van der Waals surface area contributed by atoms with Crippen LogP contribution < -0.4 is 28.4 Å². The van der Waals surface area contributed by atoms with E-state index < -0.39 is 6.36 Å². The molecule has 0 saturated heterocycles. The van der Waals surface area contributed by atoms with Crippen molar-refractivity contribution in [2.24, 2.45) is 0 Å². The highest BCUT2D eigenvalue weighted by atomic mass is 35.5. The maximum Gasteiger partial charge on any atom is 0.573 e. The number of alkyl halides is 3. The molecule has 2 aromatic carbocycles. The summed E-state index contributed by atoms with van der Waals surface area (Å²) in [5, 5.41) is 0. The number of halogens is 5. The van der Waals surface area contributed by atoms with Gasteiger partial charge < -0.3 is 28.4 Å². The second kappa shape index (κ2) is 13.2. The van der Waals surface area contributed by atoms with Gasteiger partial charge in [-0.3, -0.25) is 0 Å². The second-order valence-electron chi connectivity index (χ2n) is 6.38. The lowest BCUT2D eigenvalue weighted by Crippen LogP contribution is -2.16. The first-order chi connectivity index (χ1) is 15.7. The molecule has 0 aliphatic heterocycles. The van der Waals surface area contributed by atoms with Crippen LogP contribution in [0.2, 0.25) is 0 Å². The fraction of sp³-hybridized carbons (Fsp3) is 0.364. The van der Waals surface area contributed by atoms with E-state index in [1.165, 1.54) is 44.6 Å². The lowest BCUT2D eigenvalue weighted by molar-refractivity contribution is -0.274. The molecule has 182 valence electrons. The molecule has 0 atom stereocenters. The number of benzene rings is 2. The van der Waals surface area contributed by atoms with Gasteiger partial charge >= 0.3 is 6.36 Å². The number of hydrogen-bond acceptors (Lipinski definition) is 6. The zero-order valence-corrected chi connectivity index (χ0v) is 19.4. The van der Waals surface area contributed by atoms with E-state index in [4.69, 9.17) is 46.9 Å². The molecule has 0 spiro atoms. The molecule has 0 aliphatic rings. The Bertz CT molecular complexity index is 875. The standard InChI is InChI=1S/C22H23Cl2F3O6/c1-28-18-13-17(31-12-9-20(23)24)14-19(29-2)21(18)32-11-4-3-10-30-15-5-7-16(8-6-15)33-22(25,26)27/h5-9,13-14H,3-4,10-12H2,1-2H3. The van der Waals surface area contributed by atoms with Crippen molar-refractivity contribution >= 4 is 23.2 Å². The molecule has 2 aromatic rings. The van der Waals surface area contributed by atoms with Crippen LogP contribution in [0.5, 0.6) is 34.5 Å². The lowest BCUT2D eigenvalue weighted by Gasteiger charge is -2.16. The van der Waals surface area contributed by atoms with Gasteiger partial charge in [0.25, 0.3) is 0 Å². The second-order valence-corrected chi connectivity index (χ2v) is 7.39. The van der Waals surface area contributed by atoms with Crippen molar-refractivity contribution in [2.45, 2.75) is 19.2 Å². The van der Waals surface area contributed by atoms with Crippen LogP contribution in [0.3, 0.4) is 0 Å². The largest absolute Gasteiger partial charge is 0.573 e. The zero-order chi connectivity index (χ0) is 24.3. The first-order valence-electron chi connectivity index (χ1n) is 9.73. The smallest absolute Gasteiger partial charge is 0.494 e. The van der Waals surface area contributed by atoms with E-state index in [-0.39, 0.29) is 16.8 Å². The number of unbranched alkanes of at least 4 members (excludes halogenated alkanes) is 1. The Morgan fingerprint density at radius 3 is 1.88 bits per heavy atom. The third kappa shape index (κ3) is 9.79. The minimum absolute atomic E-state index is 0.102. The van der Waals surface area contributed by atoms with Crippen molar-refractivity contribution < 1.29 is 41.6 Å². The van der Waals surface area contributed by atoms with E-state index in [1.807, 2.05) is 0 Å². The predicted octanol–water partition coefficient (Wildman–Crippen LogP) is 6.54. The molecule has 0 amide bonds. The van der Waals surface area contributed by atoms with Gasteiger partial charge in [0.2, 0.25) is 5.75 Å². The third-order valence-corrected chi connectivity index (χ3v) is 4.34. The summed E-state index contributed by atoms with van der Waals surface area (Å²) in [6, 6.07) is 8.52. The molecule has 0 N–H and O–H groups in total. The van der Waals surface area contributed by atoms with Gasteiger partial charge in [0, 0.05) is 12.1 Å². The minimum atomic E-state index is -4.73. The molecule has 0 bridgehead atoms. The summed E-state index contributed by atoms with van der Waals surface area (Å²) in [6.07, 6.45) is -1.92. The summed E-state index contributed by atoms with van der Waals surface area (Å²) in [5.74, 6) is 1.92. The number of rotatable bonds is 13. The van der Waals surface area contributed by atoms with E-state index in [0.717, 1.165) is 0 Å². The molecule has 6 nitrogen and oxygen atoms in total. The first-order valence-corrected chi connectivity index (χ1v) is 10.5. The van der Waals surface area contributed by atoms with Crippen LogP contribution >= 0.6 is 23.2 Å². The van der Waals surface area contributed by atoms with Crippen molar-refractivity contribution in [3.05, 3.63) is 47.0 Å². The molecule has 33 heavy (non-hydrogen) atoms. The molecule has 11 heteroatoms. The van der Waals surface area contributed by atoms with Gasteiger partial charge in [-0.25, -0.2) is 0 Å². The fourth-order valence-electron chi connectivity index (χ4n) is 2.59. The van der Waals surface area contributed by atoms with Crippen molar-refractivity contribution in [3.8, 4) is 34.5 Å². The van der Waals surface area contributed by atoms with Crippen molar-refractivity contribution in [1.29, 1.82) is 0 Å². The van der Waals surface area contributed by atoms with Crippen molar-refractivity contribution in [2.75, 3.05) is 34.0 Å². The molecule has 0 fully saturated rings. The molecule has 0 aromatic heterocycles. The number of hydrogen-bond donors (Lipinski definition) is 0. The van der Waals surface area contributed by atoms with Gasteiger partial charge in [-0.1, -0.05) is 23.2 Å². The molecule has 0 unspecified atom stereocenters. The van der Waals surface area contributed by atoms with Gasteiger partial charge in [0.1, 0.15) is 28.3 Å². The maximum atomic E-state index is 12.2. The normalized spacial score (nSPS) is 10.9. The molecular formula is C22H23Cl2F3O6. The Kier molecular flexibility index (Phi) is 10.6. The number of methoxy groups -OCH3 is 2. The average molecular weight is 511 g/mol. The Morgan fingerprint density at radius 1 is 0.818 bits per heavy atom. The summed E-state index contributed by atoms with van der Waals surface area (Å²) in [7, 11) is 3.00. The summed E-state index contributed by atoms with van der Waals surface area (Å²) >= 11 is 11.1. The monoisotopic (exact) mass is 510 g/mol. The van der Waals surface area contributed by atoms with E-state index in [0.29, 0.717) is 54.8 Å². The van der Waals surface area contributed by atoms with Gasteiger partial charge in [-0.05, 0) is 43.2 Å². The molecule has 0 heterocycles. The Balaban J connectivity index is 1.80. The summed E-state index contributed by atoms with van der Waals surface area (Å²) in [4.78, 5) is 0. The minimum Gasteiger partial charge on any atom is -0.494 e. The van der Waals surface area contributed by atoms with Gasteiger partial charge in [-0.15, -0.1) is 13.2 Å². The predicted molar refractivity (Wildman–Crippen MR) is 118 cm³/mol. The van der Waals surface area contributed by atoms with E-state index in [2.05, 4.69) is 4.74 Å². The van der Waals surface area contributed by atoms with Crippen molar-refractivity contribution in [1.82, 2.24) is 0 Å². The highest BCUT2D eigenvalue weighted by molar-refractivity contribution is 6.55. The molecule has 0 aliphatic carbocycles. The fourth-order valence-corrected chi connectivity index (χ4v) is 2.71. The van der Waals surface area contributed by atoms with Crippen molar-refractivity contribution in [3.63, 3.8) is 0 Å². The quantitative estimate of drug-likeness (QED) is 0.285. The maximum absolute atomic E-state index is 12.2. The van der Waals surface area contributed by atoms with Gasteiger partial charge in [0.15, 0.2) is 11.5 Å². The highest BCUT2D eigenvalue weighted by Crippen LogP contribution is 2.41. The summed E-state index contributed by atoms with van der Waals surface area (Å²) in [6.45, 7) is 0.896. The van der Waals surface area contributed by atoms with Crippen LogP contribution in [0.25, 0.3) is 0 Å². The van der Waals surface area contributed by atoms with E-state index in [1.54, 1.807) is 12.1 Å². The van der Waals surface area contributed by atoms with E-state index >= 15 is 0 Å². The third-order valence-electron chi connectivity index (χ3n) is 4.03. The summed E-state index contributed by atoms with van der Waals surface area (Å²) < 4.78 is 68.1. The van der Waals surface area contributed by atoms with Crippen LogP contribution in [-0.2, 0) is 0 Å². The van der Waals surface area contributed by atoms with Gasteiger partial charge in [0.05, 0.1) is 27.4 Å². The van der Waals surface area contributed by atoms with Crippen LogP contribution in [0, 0.1) is 0 Å². The molecule has 0 saturated carbocycles. The Labute approximate surface area is 199 Å². The molecule has 0 radical (unpaired) electrons. The topological polar surface area (TPSA) is 55.4 Å². The molecular weight excluding hydrogens is 488 g/mol. The van der Waals surface area contributed by atoms with Crippen LogP contribution in [-0.4, -0.2) is 40.4 Å². The summed E-state index contributed by atoms with van der Waals surface area (Å²) in [5.41, 5.74) is 0. The first kappa shape index (κ1) is 26.6. The Morgan fingerprint density at radius 2 is 1.36 bits per heavy atom. The zero-order valence-electron chi connectivity index (χ0n) is 17.9. The Hall–Kier alpha value is -2.65. The van der Waals surface area contributed by atoms with Crippen LogP contribution in [0.15, 0.2) is 47.0 Å². The highest BCUT2D eigenvalue weighted by Gasteiger charge is 2.30.